The molecule has 28 heavy (non-hydrogen) atoms. The van der Waals surface area contributed by atoms with Crippen molar-refractivity contribution in [3.63, 3.8) is 0 Å². The minimum absolute atomic E-state index is 0.318. The Hall–Kier alpha value is -1.11. The maximum Gasteiger partial charge on any atom is 0.293 e. The lowest BCUT2D eigenvalue weighted by Crippen LogP contribution is -2.17. The number of aryl methyl sites for hydroxylation is 1. The van der Waals surface area contributed by atoms with Crippen LogP contribution in [0, 0.1) is 6.92 Å². The predicted molar refractivity (Wildman–Crippen MR) is 125 cm³/mol. The number of methoxy groups -OCH3 is 1. The summed E-state index contributed by atoms with van der Waals surface area (Å²) in [4.78, 5) is 11.6. The number of carbonyl (C=O) groups excluding carboxylic acids is 1. The van der Waals surface area contributed by atoms with Crippen molar-refractivity contribution in [2.45, 2.75) is 66.5 Å². The van der Waals surface area contributed by atoms with Gasteiger partial charge in [0.2, 0.25) is 0 Å². The van der Waals surface area contributed by atoms with Gasteiger partial charge in [-0.3, -0.25) is 4.79 Å². The monoisotopic (exact) mass is 462 g/mol. The first kappa shape index (κ1) is 31.6. The van der Waals surface area contributed by atoms with Crippen LogP contribution < -0.4 is 10.1 Å². The van der Waals surface area contributed by atoms with Crippen molar-refractivity contribution < 1.29 is 14.3 Å². The smallest absolute Gasteiger partial charge is 0.293 e. The van der Waals surface area contributed by atoms with E-state index in [0.29, 0.717) is 6.47 Å². The molecule has 1 aromatic carbocycles. The molecule has 0 saturated carbocycles. The van der Waals surface area contributed by atoms with E-state index in [1.165, 1.54) is 18.4 Å². The van der Waals surface area contributed by atoms with Gasteiger partial charge in [-0.1, -0.05) is 32.8 Å². The van der Waals surface area contributed by atoms with Gasteiger partial charge in [0.05, 0.1) is 11.6 Å². The van der Waals surface area contributed by atoms with E-state index < -0.39 is 0 Å². The van der Waals surface area contributed by atoms with Gasteiger partial charge in [-0.2, -0.15) is 0 Å². The number of halogens is 1. The van der Waals surface area contributed by atoms with Crippen LogP contribution in [-0.4, -0.2) is 52.3 Å². The molecule has 0 atom stereocenters. The summed E-state index contributed by atoms with van der Waals surface area (Å²) >= 11 is 3.48. The first-order chi connectivity index (χ1) is 12.9. The maximum absolute atomic E-state index is 9.60. The molecule has 0 fully saturated rings. The second-order valence-electron chi connectivity index (χ2n) is 7.63. The van der Waals surface area contributed by atoms with Gasteiger partial charge >= 0.3 is 0 Å². The van der Waals surface area contributed by atoms with Crippen molar-refractivity contribution >= 4 is 22.4 Å². The standard InChI is InChI=1S/C10H14BrNO.C5H10O2.C4H10.C3H9N/c1-7-4-8(6-12-2)5-9(11)10(7)13-3;1-5(2,3)7-4-6;1-3-4-2;1-4(2)3/h4-5,12H,6H2,1-3H3;4H,1-3H3;3-4H2,1-2H3;1-3H3. The Kier molecular flexibility index (Phi) is 21.7. The highest BCUT2D eigenvalue weighted by atomic mass is 79.9. The Morgan fingerprint density at radius 3 is 1.82 bits per heavy atom. The summed E-state index contributed by atoms with van der Waals surface area (Å²) in [5, 5.41) is 3.11. The third-order valence-corrected chi connectivity index (χ3v) is 3.36. The Labute approximate surface area is 182 Å². The van der Waals surface area contributed by atoms with Crippen LogP contribution >= 0.6 is 15.9 Å². The largest absolute Gasteiger partial charge is 0.495 e. The third kappa shape index (κ3) is 22.9. The Bertz CT molecular complexity index is 473. The lowest BCUT2D eigenvalue weighted by Gasteiger charge is -2.14. The van der Waals surface area contributed by atoms with Crippen LogP contribution in [0.25, 0.3) is 0 Å². The summed E-state index contributed by atoms with van der Waals surface area (Å²) in [6.07, 6.45) is 2.64. The molecule has 166 valence electrons. The van der Waals surface area contributed by atoms with Gasteiger partial charge in [-0.15, -0.1) is 0 Å². The molecule has 0 bridgehead atoms. The number of hydrogen-bond acceptors (Lipinski definition) is 5. The molecule has 0 aliphatic rings. The fourth-order valence-electron chi connectivity index (χ4n) is 1.51. The first-order valence-corrected chi connectivity index (χ1v) is 10.4. The van der Waals surface area contributed by atoms with Crippen LogP contribution in [0.2, 0.25) is 0 Å². The highest BCUT2D eigenvalue weighted by molar-refractivity contribution is 9.10. The number of nitrogens with one attached hydrogen (secondary N) is 1. The van der Waals surface area contributed by atoms with Crippen molar-refractivity contribution in [1.29, 1.82) is 0 Å². The molecule has 0 aromatic heterocycles. The van der Waals surface area contributed by atoms with Crippen molar-refractivity contribution in [2.75, 3.05) is 35.3 Å². The van der Waals surface area contributed by atoms with Crippen molar-refractivity contribution in [2.24, 2.45) is 0 Å². The predicted octanol–water partition coefficient (Wildman–Crippen LogP) is 5.43. The normalized spacial score (nSPS) is 9.75. The Morgan fingerprint density at radius 1 is 1.14 bits per heavy atom. The number of nitrogens with zero attached hydrogens (tertiary/aromatic N) is 1. The van der Waals surface area contributed by atoms with Gasteiger partial charge in [0.1, 0.15) is 11.4 Å². The Balaban J connectivity index is -0.000000351. The summed E-state index contributed by atoms with van der Waals surface area (Å²) < 4.78 is 10.8. The van der Waals surface area contributed by atoms with Gasteiger partial charge in [-0.05, 0) is 89.0 Å². The minimum atomic E-state index is -0.318. The van der Waals surface area contributed by atoms with Gasteiger partial charge in [0.15, 0.2) is 0 Å². The molecule has 0 aliphatic heterocycles. The summed E-state index contributed by atoms with van der Waals surface area (Å²) in [6, 6.07) is 4.20. The fraction of sp³-hybridized carbons (Fsp3) is 0.682. The molecular formula is C22H43BrN2O3. The van der Waals surface area contributed by atoms with Crippen LogP contribution in [0.1, 0.15) is 58.6 Å². The molecule has 0 heterocycles. The summed E-state index contributed by atoms with van der Waals surface area (Å²) in [7, 11) is 9.62. The zero-order valence-electron chi connectivity index (χ0n) is 19.9. The molecule has 0 radical (unpaired) electrons. The fourth-order valence-corrected chi connectivity index (χ4v) is 2.28. The maximum atomic E-state index is 9.60. The summed E-state index contributed by atoms with van der Waals surface area (Å²) in [5.74, 6) is 0.917. The molecule has 1 aromatic rings. The highest BCUT2D eigenvalue weighted by Gasteiger charge is 2.07. The third-order valence-electron chi connectivity index (χ3n) is 2.78. The molecule has 0 amide bonds. The average molecular weight is 464 g/mol. The number of unbranched alkanes of at least 4 members (excludes halogenated alkanes) is 1. The average Bonchev–Trinajstić information content (AvgIpc) is 2.54. The lowest BCUT2D eigenvalue weighted by molar-refractivity contribution is -0.138. The lowest BCUT2D eigenvalue weighted by atomic mass is 10.1. The minimum Gasteiger partial charge on any atom is -0.495 e. The zero-order valence-corrected chi connectivity index (χ0v) is 21.5. The van der Waals surface area contributed by atoms with E-state index in [4.69, 9.17) is 4.74 Å². The quantitative estimate of drug-likeness (QED) is 0.591. The van der Waals surface area contributed by atoms with Gasteiger partial charge < -0.3 is 19.7 Å². The van der Waals surface area contributed by atoms with Crippen LogP contribution in [0.3, 0.4) is 0 Å². The van der Waals surface area contributed by atoms with Crippen LogP contribution in [0.4, 0.5) is 0 Å². The number of benzene rings is 1. The molecule has 0 aliphatic carbocycles. The van der Waals surface area contributed by atoms with E-state index in [1.807, 2.05) is 60.8 Å². The summed E-state index contributed by atoms with van der Waals surface area (Å²) in [6.45, 7) is 13.2. The zero-order chi connectivity index (χ0) is 22.8. The summed E-state index contributed by atoms with van der Waals surface area (Å²) in [5.41, 5.74) is 2.09. The van der Waals surface area contributed by atoms with Crippen LogP contribution in [-0.2, 0) is 16.1 Å². The topological polar surface area (TPSA) is 50.8 Å². The molecule has 6 heteroatoms. The molecule has 1 N–H and O–H groups in total. The van der Waals surface area contributed by atoms with Crippen molar-refractivity contribution in [1.82, 2.24) is 10.2 Å². The second kappa shape index (κ2) is 19.2. The number of ether oxygens (including phenoxy) is 2. The van der Waals surface area contributed by atoms with E-state index in [2.05, 4.69) is 52.0 Å². The highest BCUT2D eigenvalue weighted by Crippen LogP contribution is 2.29. The molecule has 0 saturated heterocycles. The molecule has 0 unspecified atom stereocenters. The number of carbonyl (C=O) groups is 1. The molecular weight excluding hydrogens is 420 g/mol. The van der Waals surface area contributed by atoms with Gasteiger partial charge in [-0.25, -0.2) is 0 Å². The van der Waals surface area contributed by atoms with Crippen LogP contribution in [0.5, 0.6) is 5.75 Å². The molecule has 5 nitrogen and oxygen atoms in total. The van der Waals surface area contributed by atoms with Crippen molar-refractivity contribution in [3.05, 3.63) is 27.7 Å². The second-order valence-corrected chi connectivity index (χ2v) is 8.48. The van der Waals surface area contributed by atoms with Crippen molar-refractivity contribution in [3.8, 4) is 5.75 Å². The van der Waals surface area contributed by atoms with Crippen LogP contribution in [0.15, 0.2) is 16.6 Å². The molecule has 1 rings (SSSR count). The van der Waals surface area contributed by atoms with E-state index >= 15 is 0 Å². The first-order valence-electron chi connectivity index (χ1n) is 9.59. The number of rotatable bonds is 5. The van der Waals surface area contributed by atoms with E-state index in [0.717, 1.165) is 22.3 Å². The van der Waals surface area contributed by atoms with Gasteiger partial charge in [0, 0.05) is 6.54 Å². The van der Waals surface area contributed by atoms with E-state index in [-0.39, 0.29) is 5.60 Å². The van der Waals surface area contributed by atoms with E-state index in [9.17, 15) is 4.79 Å². The van der Waals surface area contributed by atoms with Gasteiger partial charge in [0.25, 0.3) is 6.47 Å². The SMILES string of the molecule is CC(C)(C)OC=O.CCCC.CN(C)C.CNCc1cc(C)c(OC)c(Br)c1. The number of hydrogen-bond donors (Lipinski definition) is 1. The molecule has 0 spiro atoms. The Morgan fingerprint density at radius 2 is 1.61 bits per heavy atom. The van der Waals surface area contributed by atoms with E-state index in [1.54, 1.807) is 7.11 Å².